The Kier molecular flexibility index (Phi) is 4.14. The van der Waals surface area contributed by atoms with Crippen LogP contribution in [0, 0.1) is 11.3 Å². The first-order valence-electron chi connectivity index (χ1n) is 5.33. The monoisotopic (exact) mass is 274 g/mol. The summed E-state index contributed by atoms with van der Waals surface area (Å²) in [5.41, 5.74) is 2.26. The zero-order chi connectivity index (χ0) is 13.0. The molecule has 0 amide bonds. The van der Waals surface area contributed by atoms with Gasteiger partial charge in [-0.25, -0.2) is 0 Å². The first-order valence-corrected chi connectivity index (χ1v) is 6.94. The van der Waals surface area contributed by atoms with Crippen molar-refractivity contribution in [3.63, 3.8) is 0 Å². The SMILES string of the molecule is CSc1cccc(Nc2ccc(Cl)cc2C#N)c1. The summed E-state index contributed by atoms with van der Waals surface area (Å²) in [7, 11) is 0. The van der Waals surface area contributed by atoms with Gasteiger partial charge in [-0.05, 0) is 42.7 Å². The summed E-state index contributed by atoms with van der Waals surface area (Å²) in [5, 5.41) is 12.9. The number of hydrogen-bond acceptors (Lipinski definition) is 3. The van der Waals surface area contributed by atoms with Crippen LogP contribution in [0.2, 0.25) is 5.02 Å². The van der Waals surface area contributed by atoms with Crippen molar-refractivity contribution < 1.29 is 0 Å². The van der Waals surface area contributed by atoms with Crippen molar-refractivity contribution in [3.05, 3.63) is 53.1 Å². The average Bonchev–Trinajstić information content (AvgIpc) is 2.41. The fourth-order valence-electron chi connectivity index (χ4n) is 1.57. The highest BCUT2D eigenvalue weighted by molar-refractivity contribution is 7.98. The summed E-state index contributed by atoms with van der Waals surface area (Å²) in [6, 6.07) is 15.4. The van der Waals surface area contributed by atoms with E-state index in [0.717, 1.165) is 11.4 Å². The van der Waals surface area contributed by atoms with Crippen molar-refractivity contribution in [1.82, 2.24) is 0 Å². The Morgan fingerprint density at radius 2 is 2.06 bits per heavy atom. The highest BCUT2D eigenvalue weighted by Crippen LogP contribution is 2.26. The summed E-state index contributed by atoms with van der Waals surface area (Å²) in [6.07, 6.45) is 2.03. The Morgan fingerprint density at radius 3 is 2.78 bits per heavy atom. The molecule has 0 aromatic heterocycles. The zero-order valence-corrected chi connectivity index (χ0v) is 11.3. The number of benzene rings is 2. The van der Waals surface area contributed by atoms with Crippen LogP contribution in [0.5, 0.6) is 0 Å². The van der Waals surface area contributed by atoms with Crippen molar-refractivity contribution >= 4 is 34.7 Å². The highest BCUT2D eigenvalue weighted by Gasteiger charge is 2.03. The molecule has 0 saturated carbocycles. The van der Waals surface area contributed by atoms with Crippen LogP contribution in [-0.2, 0) is 0 Å². The van der Waals surface area contributed by atoms with Gasteiger partial charge in [0.15, 0.2) is 0 Å². The molecule has 1 N–H and O–H groups in total. The summed E-state index contributed by atoms with van der Waals surface area (Å²) in [5.74, 6) is 0. The molecule has 0 bridgehead atoms. The number of nitrogens with one attached hydrogen (secondary N) is 1. The Bertz CT molecular complexity index is 605. The van der Waals surface area contributed by atoms with Crippen molar-refractivity contribution in [2.24, 2.45) is 0 Å². The normalized spacial score (nSPS) is 9.83. The fourth-order valence-corrected chi connectivity index (χ4v) is 2.21. The van der Waals surface area contributed by atoms with Gasteiger partial charge in [-0.15, -0.1) is 11.8 Å². The van der Waals surface area contributed by atoms with Crippen LogP contribution in [-0.4, -0.2) is 6.26 Å². The highest BCUT2D eigenvalue weighted by atomic mass is 35.5. The van der Waals surface area contributed by atoms with E-state index in [9.17, 15) is 0 Å². The summed E-state index contributed by atoms with van der Waals surface area (Å²) >= 11 is 7.54. The van der Waals surface area contributed by atoms with Gasteiger partial charge >= 0.3 is 0 Å². The number of nitriles is 1. The zero-order valence-electron chi connectivity index (χ0n) is 9.77. The molecule has 0 heterocycles. The van der Waals surface area contributed by atoms with Gasteiger partial charge in [-0.1, -0.05) is 17.7 Å². The second kappa shape index (κ2) is 5.81. The van der Waals surface area contributed by atoms with Crippen LogP contribution in [0.25, 0.3) is 0 Å². The van der Waals surface area contributed by atoms with E-state index in [4.69, 9.17) is 16.9 Å². The molecule has 90 valence electrons. The van der Waals surface area contributed by atoms with Gasteiger partial charge in [0.05, 0.1) is 11.3 Å². The Hall–Kier alpha value is -1.63. The standard InChI is InChI=1S/C14H11ClN2S/c1-18-13-4-2-3-12(8-13)17-14-6-5-11(15)7-10(14)9-16/h2-8,17H,1H3. The van der Waals surface area contributed by atoms with Gasteiger partial charge in [-0.2, -0.15) is 5.26 Å². The van der Waals surface area contributed by atoms with Gasteiger partial charge in [-0.3, -0.25) is 0 Å². The third-order valence-corrected chi connectivity index (χ3v) is 3.41. The van der Waals surface area contributed by atoms with E-state index in [-0.39, 0.29) is 0 Å². The van der Waals surface area contributed by atoms with E-state index in [2.05, 4.69) is 11.4 Å². The van der Waals surface area contributed by atoms with Crippen LogP contribution in [0.3, 0.4) is 0 Å². The van der Waals surface area contributed by atoms with Crippen LogP contribution in [0.1, 0.15) is 5.56 Å². The molecule has 0 aliphatic carbocycles. The van der Waals surface area contributed by atoms with E-state index in [1.54, 1.807) is 23.9 Å². The lowest BCUT2D eigenvalue weighted by Gasteiger charge is -2.09. The van der Waals surface area contributed by atoms with Crippen LogP contribution < -0.4 is 5.32 Å². The quantitative estimate of drug-likeness (QED) is 0.826. The van der Waals surface area contributed by atoms with Gasteiger partial charge < -0.3 is 5.32 Å². The first-order chi connectivity index (χ1) is 8.72. The maximum absolute atomic E-state index is 9.07. The molecule has 2 nitrogen and oxygen atoms in total. The van der Waals surface area contributed by atoms with Crippen LogP contribution in [0.4, 0.5) is 11.4 Å². The Morgan fingerprint density at radius 1 is 1.22 bits per heavy atom. The molecule has 2 rings (SSSR count). The molecular weight excluding hydrogens is 264 g/mol. The van der Waals surface area contributed by atoms with Gasteiger partial charge in [0.25, 0.3) is 0 Å². The van der Waals surface area contributed by atoms with Crippen molar-refractivity contribution in [1.29, 1.82) is 5.26 Å². The molecule has 0 unspecified atom stereocenters. The minimum absolute atomic E-state index is 0.539. The number of hydrogen-bond donors (Lipinski definition) is 1. The van der Waals surface area contributed by atoms with Crippen molar-refractivity contribution in [2.75, 3.05) is 11.6 Å². The first kappa shape index (κ1) is 12.8. The third-order valence-electron chi connectivity index (χ3n) is 2.45. The number of halogens is 1. The minimum Gasteiger partial charge on any atom is -0.354 e. The second-order valence-corrected chi connectivity index (χ2v) is 4.97. The largest absolute Gasteiger partial charge is 0.354 e. The van der Waals surface area contributed by atoms with Gasteiger partial charge in [0, 0.05) is 15.6 Å². The molecule has 2 aromatic carbocycles. The van der Waals surface area contributed by atoms with E-state index < -0.39 is 0 Å². The molecule has 0 fully saturated rings. The second-order valence-electron chi connectivity index (χ2n) is 3.66. The molecule has 0 aliphatic rings. The summed E-state index contributed by atoms with van der Waals surface area (Å²) < 4.78 is 0. The molecule has 4 heteroatoms. The number of anilines is 2. The lowest BCUT2D eigenvalue weighted by Crippen LogP contribution is -1.93. The number of thioether (sulfide) groups is 1. The van der Waals surface area contributed by atoms with E-state index in [0.29, 0.717) is 10.6 Å². The predicted octanol–water partition coefficient (Wildman–Crippen LogP) is 4.68. The molecule has 2 aromatic rings. The topological polar surface area (TPSA) is 35.8 Å². The lowest BCUT2D eigenvalue weighted by molar-refractivity contribution is 1.42. The summed E-state index contributed by atoms with van der Waals surface area (Å²) in [4.78, 5) is 1.17. The van der Waals surface area contributed by atoms with Crippen molar-refractivity contribution in [3.8, 4) is 6.07 Å². The molecular formula is C14H11ClN2S. The van der Waals surface area contributed by atoms with Crippen molar-refractivity contribution in [2.45, 2.75) is 4.90 Å². The molecule has 0 spiro atoms. The fraction of sp³-hybridized carbons (Fsp3) is 0.0714. The molecule has 0 saturated heterocycles. The maximum atomic E-state index is 9.07. The Balaban J connectivity index is 2.31. The average molecular weight is 275 g/mol. The minimum atomic E-state index is 0.539. The predicted molar refractivity (Wildman–Crippen MR) is 77.7 cm³/mol. The molecule has 0 radical (unpaired) electrons. The number of nitrogens with zero attached hydrogens (tertiary/aromatic N) is 1. The van der Waals surface area contributed by atoms with Gasteiger partial charge in [0.2, 0.25) is 0 Å². The van der Waals surface area contributed by atoms with E-state index in [1.807, 2.05) is 36.6 Å². The molecule has 0 aliphatic heterocycles. The summed E-state index contributed by atoms with van der Waals surface area (Å²) in [6.45, 7) is 0. The van der Waals surface area contributed by atoms with Gasteiger partial charge in [0.1, 0.15) is 6.07 Å². The smallest absolute Gasteiger partial charge is 0.101 e. The third kappa shape index (κ3) is 2.98. The van der Waals surface area contributed by atoms with Crippen LogP contribution >= 0.6 is 23.4 Å². The molecule has 0 atom stereocenters. The number of rotatable bonds is 3. The lowest BCUT2D eigenvalue weighted by atomic mass is 10.2. The van der Waals surface area contributed by atoms with Crippen LogP contribution in [0.15, 0.2) is 47.4 Å². The molecule has 18 heavy (non-hydrogen) atoms. The van der Waals surface area contributed by atoms with E-state index >= 15 is 0 Å². The Labute approximate surface area is 116 Å². The maximum Gasteiger partial charge on any atom is 0.101 e. The van der Waals surface area contributed by atoms with E-state index in [1.165, 1.54) is 4.90 Å².